The molecule has 2 aromatic heterocycles. The molecule has 34 heavy (non-hydrogen) atoms. The lowest BCUT2D eigenvalue weighted by molar-refractivity contribution is -0.143. The van der Waals surface area contributed by atoms with Gasteiger partial charge in [0.1, 0.15) is 0 Å². The third-order valence-corrected chi connectivity index (χ3v) is 9.15. The molecular formula is C27H38N4O2S. The van der Waals surface area contributed by atoms with Crippen molar-refractivity contribution in [2.24, 2.45) is 23.2 Å². The summed E-state index contributed by atoms with van der Waals surface area (Å²) in [4.78, 5) is 25.4. The van der Waals surface area contributed by atoms with Gasteiger partial charge < -0.3 is 15.3 Å². The summed E-state index contributed by atoms with van der Waals surface area (Å²) in [6, 6.07) is 5.99. The Morgan fingerprint density at radius 1 is 1.47 bits per heavy atom. The van der Waals surface area contributed by atoms with Crippen LogP contribution in [0.1, 0.15) is 55.8 Å². The lowest BCUT2D eigenvalue weighted by Gasteiger charge is -2.53. The predicted octanol–water partition coefficient (Wildman–Crippen LogP) is 4.53. The van der Waals surface area contributed by atoms with E-state index in [1.807, 2.05) is 38.4 Å². The molecule has 0 saturated heterocycles. The molecule has 1 amide bonds. The van der Waals surface area contributed by atoms with E-state index in [0.29, 0.717) is 6.54 Å². The first-order valence-corrected chi connectivity index (χ1v) is 13.2. The van der Waals surface area contributed by atoms with Crippen LogP contribution in [-0.4, -0.2) is 52.1 Å². The summed E-state index contributed by atoms with van der Waals surface area (Å²) in [7, 11) is 1.81. The van der Waals surface area contributed by atoms with Crippen molar-refractivity contribution >= 4 is 22.4 Å². The zero-order valence-electron chi connectivity index (χ0n) is 20.8. The summed E-state index contributed by atoms with van der Waals surface area (Å²) in [6.45, 7) is 11.6. The van der Waals surface area contributed by atoms with Crippen LogP contribution in [0.15, 0.2) is 37.1 Å². The van der Waals surface area contributed by atoms with E-state index in [4.69, 9.17) is 4.98 Å². The van der Waals surface area contributed by atoms with Gasteiger partial charge in [-0.05, 0) is 48.6 Å². The lowest BCUT2D eigenvalue weighted by atomic mass is 9.53. The zero-order chi connectivity index (χ0) is 24.5. The molecule has 0 spiro atoms. The molecule has 6 atom stereocenters. The van der Waals surface area contributed by atoms with Gasteiger partial charge in [-0.1, -0.05) is 32.9 Å². The Morgan fingerprint density at radius 3 is 2.97 bits per heavy atom. The van der Waals surface area contributed by atoms with E-state index >= 15 is 0 Å². The van der Waals surface area contributed by atoms with E-state index in [1.165, 1.54) is 4.88 Å². The van der Waals surface area contributed by atoms with Crippen molar-refractivity contribution in [3.05, 3.63) is 53.3 Å². The maximum Gasteiger partial charge on any atom is 0.225 e. The number of aromatic nitrogens is 2. The highest BCUT2D eigenvalue weighted by Gasteiger charge is 2.54. The van der Waals surface area contributed by atoms with Crippen LogP contribution in [0.25, 0.3) is 0 Å². The van der Waals surface area contributed by atoms with E-state index in [-0.39, 0.29) is 35.0 Å². The van der Waals surface area contributed by atoms with Crippen molar-refractivity contribution in [1.82, 2.24) is 14.9 Å². The fraction of sp³-hybridized carbons (Fsp3) is 0.593. The molecular weight excluding hydrogens is 444 g/mol. The molecule has 0 unspecified atom stereocenters. The minimum absolute atomic E-state index is 0.0237. The van der Waals surface area contributed by atoms with Crippen molar-refractivity contribution in [2.45, 2.75) is 58.5 Å². The van der Waals surface area contributed by atoms with Crippen molar-refractivity contribution in [2.75, 3.05) is 25.5 Å². The molecule has 2 aliphatic carbocycles. The molecule has 2 heterocycles. The molecule has 7 heteroatoms. The van der Waals surface area contributed by atoms with E-state index in [1.54, 1.807) is 22.3 Å². The molecule has 0 bridgehead atoms. The topological polar surface area (TPSA) is 78.4 Å². The molecule has 6 nitrogen and oxygen atoms in total. The van der Waals surface area contributed by atoms with Crippen LogP contribution in [0.4, 0.5) is 5.13 Å². The van der Waals surface area contributed by atoms with Crippen LogP contribution in [0, 0.1) is 23.2 Å². The van der Waals surface area contributed by atoms with Gasteiger partial charge >= 0.3 is 0 Å². The second-order valence-corrected chi connectivity index (χ2v) is 11.5. The number of anilines is 1. The average molecular weight is 483 g/mol. The van der Waals surface area contributed by atoms with E-state index in [0.717, 1.165) is 48.7 Å². The van der Waals surface area contributed by atoms with Crippen molar-refractivity contribution < 1.29 is 9.90 Å². The number of hydrogen-bond donors (Lipinski definition) is 2. The van der Waals surface area contributed by atoms with Gasteiger partial charge in [0.05, 0.1) is 11.8 Å². The van der Waals surface area contributed by atoms with Crippen molar-refractivity contribution in [1.29, 1.82) is 0 Å². The SMILES string of the molecule is C=CCN(C)C(=O)[C@@H](C)[C@H]1CC[C@@]2(C)Cc3sc(NCCc4ccccn4)nc3[C@@H](C)[C@@H]2[C@H]1O. The van der Waals surface area contributed by atoms with E-state index in [9.17, 15) is 9.90 Å². The molecule has 0 aliphatic heterocycles. The summed E-state index contributed by atoms with van der Waals surface area (Å²) in [5.41, 5.74) is 2.21. The number of nitrogens with one attached hydrogen (secondary N) is 1. The van der Waals surface area contributed by atoms with E-state index in [2.05, 4.69) is 30.7 Å². The van der Waals surface area contributed by atoms with Crippen LogP contribution in [0.5, 0.6) is 0 Å². The van der Waals surface area contributed by atoms with Crippen LogP contribution < -0.4 is 5.32 Å². The summed E-state index contributed by atoms with van der Waals surface area (Å²) in [5.74, 6) is 0.100. The van der Waals surface area contributed by atoms with Gasteiger partial charge in [0.25, 0.3) is 0 Å². The Kier molecular flexibility index (Phi) is 7.43. The number of amides is 1. The van der Waals surface area contributed by atoms with Crippen molar-refractivity contribution in [3.63, 3.8) is 0 Å². The Balaban J connectivity index is 1.47. The number of rotatable bonds is 8. The number of thiazole rings is 1. The number of nitrogens with zero attached hydrogens (tertiary/aromatic N) is 3. The first-order valence-electron chi connectivity index (χ1n) is 12.4. The van der Waals surface area contributed by atoms with Gasteiger partial charge in [0.15, 0.2) is 5.13 Å². The Labute approximate surface area is 207 Å². The second-order valence-electron chi connectivity index (χ2n) is 10.5. The first kappa shape index (κ1) is 24.9. The molecule has 2 N–H and O–H groups in total. The summed E-state index contributed by atoms with van der Waals surface area (Å²) in [6.07, 6.45) is 6.75. The Hall–Kier alpha value is -2.25. The molecule has 184 valence electrons. The van der Waals surface area contributed by atoms with Gasteiger partial charge in [-0.3, -0.25) is 9.78 Å². The van der Waals surface area contributed by atoms with Gasteiger partial charge in [0.2, 0.25) is 5.91 Å². The Bertz CT molecular complexity index is 1010. The molecule has 1 saturated carbocycles. The number of hydrogen-bond acceptors (Lipinski definition) is 6. The van der Waals surface area contributed by atoms with Crippen LogP contribution in [0.3, 0.4) is 0 Å². The summed E-state index contributed by atoms with van der Waals surface area (Å²) in [5, 5.41) is 16.0. The van der Waals surface area contributed by atoms with Gasteiger partial charge in [0, 0.05) is 55.2 Å². The minimum atomic E-state index is -0.514. The summed E-state index contributed by atoms with van der Waals surface area (Å²) < 4.78 is 0. The molecule has 4 rings (SSSR count). The van der Waals surface area contributed by atoms with Gasteiger partial charge in [-0.25, -0.2) is 4.98 Å². The number of carbonyl (C=O) groups excluding carboxylic acids is 1. The normalized spacial score (nSPS) is 29.0. The van der Waals surface area contributed by atoms with Crippen LogP contribution in [-0.2, 0) is 17.6 Å². The number of aliphatic hydroxyl groups excluding tert-OH is 1. The van der Waals surface area contributed by atoms with Crippen LogP contribution in [0.2, 0.25) is 0 Å². The van der Waals surface area contributed by atoms with Gasteiger partial charge in [-0.15, -0.1) is 17.9 Å². The highest BCUT2D eigenvalue weighted by Crippen LogP contribution is 2.57. The van der Waals surface area contributed by atoms with E-state index < -0.39 is 6.10 Å². The minimum Gasteiger partial charge on any atom is -0.392 e. The highest BCUT2D eigenvalue weighted by atomic mass is 32.1. The smallest absolute Gasteiger partial charge is 0.225 e. The molecule has 0 aromatic carbocycles. The third-order valence-electron chi connectivity index (χ3n) is 8.12. The quantitative estimate of drug-likeness (QED) is 0.541. The number of fused-ring (bicyclic) bond motifs is 2. The third kappa shape index (κ3) is 4.78. The van der Waals surface area contributed by atoms with Crippen LogP contribution >= 0.6 is 11.3 Å². The monoisotopic (exact) mass is 482 g/mol. The first-order chi connectivity index (χ1) is 16.2. The number of aliphatic hydroxyl groups is 1. The maximum atomic E-state index is 12.9. The number of pyridine rings is 1. The number of carbonyl (C=O) groups is 1. The predicted molar refractivity (Wildman–Crippen MR) is 138 cm³/mol. The molecule has 0 radical (unpaired) electrons. The lowest BCUT2D eigenvalue weighted by Crippen LogP contribution is -2.53. The molecule has 1 fully saturated rings. The summed E-state index contributed by atoms with van der Waals surface area (Å²) >= 11 is 1.76. The molecule has 2 aromatic rings. The van der Waals surface area contributed by atoms with Gasteiger partial charge in [-0.2, -0.15) is 0 Å². The fourth-order valence-electron chi connectivity index (χ4n) is 6.28. The highest BCUT2D eigenvalue weighted by molar-refractivity contribution is 7.15. The second kappa shape index (κ2) is 10.2. The standard InChI is InChI=1S/C27H38N4O2S/c1-6-15-31(5)25(33)17(2)20-10-12-27(4)16-21-23(18(3)22(27)24(20)32)30-26(34-21)29-14-11-19-9-7-8-13-28-19/h6-9,13,17-18,20,22,24,32H,1,10-12,14-16H2,2-5H3,(H,29,30)/t17-,18-,20+,22+,24-,27-/m0/s1. The average Bonchev–Trinajstić information content (AvgIpc) is 3.21. The Morgan fingerprint density at radius 2 is 2.26 bits per heavy atom. The van der Waals surface area contributed by atoms with Crippen molar-refractivity contribution in [3.8, 4) is 0 Å². The zero-order valence-corrected chi connectivity index (χ0v) is 21.6. The maximum absolute atomic E-state index is 12.9. The largest absolute Gasteiger partial charge is 0.392 e. The number of likely N-dealkylation sites (N-methyl/N-ethyl adjacent to an activating group) is 1. The fourth-order valence-corrected chi connectivity index (χ4v) is 7.57. The molecule has 2 aliphatic rings.